The zero-order valence-corrected chi connectivity index (χ0v) is 10.9. The maximum absolute atomic E-state index is 11.0. The molecular formula is C11H13ClO4S. The summed E-state index contributed by atoms with van der Waals surface area (Å²) in [6.07, 6.45) is 1.71. The monoisotopic (exact) mass is 276 g/mol. The van der Waals surface area contributed by atoms with E-state index in [1.807, 2.05) is 0 Å². The predicted octanol–water partition coefficient (Wildman–Crippen LogP) is 2.11. The fourth-order valence-corrected chi connectivity index (χ4v) is 2.13. The van der Waals surface area contributed by atoms with Crippen molar-refractivity contribution in [3.05, 3.63) is 29.8 Å². The van der Waals surface area contributed by atoms with Crippen molar-refractivity contribution in [2.24, 2.45) is 0 Å². The molecule has 0 N–H and O–H groups in total. The maximum atomic E-state index is 11.0. The van der Waals surface area contributed by atoms with Gasteiger partial charge in [0.1, 0.15) is 0 Å². The second kappa shape index (κ2) is 6.02. The lowest BCUT2D eigenvalue weighted by Gasteiger charge is -2.02. The average Bonchev–Trinajstić information content (AvgIpc) is 2.28. The first-order valence-electron chi connectivity index (χ1n) is 5.04. The van der Waals surface area contributed by atoms with E-state index in [0.717, 1.165) is 5.56 Å². The van der Waals surface area contributed by atoms with E-state index in [2.05, 4.69) is 4.74 Å². The Balaban J connectivity index is 2.55. The fourth-order valence-electron chi connectivity index (χ4n) is 1.36. The number of hydrogen-bond donors (Lipinski definition) is 0. The Labute approximate surface area is 105 Å². The van der Waals surface area contributed by atoms with Crippen LogP contribution < -0.4 is 0 Å². The van der Waals surface area contributed by atoms with E-state index in [0.29, 0.717) is 19.3 Å². The summed E-state index contributed by atoms with van der Waals surface area (Å²) < 4.78 is 26.5. The molecule has 0 aliphatic rings. The number of ether oxygens (including phenoxy) is 1. The molecule has 0 amide bonds. The van der Waals surface area contributed by atoms with E-state index in [4.69, 9.17) is 10.7 Å². The summed E-state index contributed by atoms with van der Waals surface area (Å²) in [5.41, 5.74) is 0.956. The van der Waals surface area contributed by atoms with Crippen molar-refractivity contribution >= 4 is 25.7 Å². The van der Waals surface area contributed by atoms with Crippen LogP contribution in [0.3, 0.4) is 0 Å². The predicted molar refractivity (Wildman–Crippen MR) is 64.4 cm³/mol. The van der Waals surface area contributed by atoms with Crippen molar-refractivity contribution in [2.75, 3.05) is 7.11 Å². The molecule has 1 aromatic rings. The highest BCUT2D eigenvalue weighted by Gasteiger charge is 2.09. The summed E-state index contributed by atoms with van der Waals surface area (Å²) in [6, 6.07) is 6.28. The molecule has 4 nitrogen and oxygen atoms in total. The normalized spacial score (nSPS) is 11.2. The molecule has 0 unspecified atom stereocenters. The molecule has 1 aromatic carbocycles. The van der Waals surface area contributed by atoms with Gasteiger partial charge in [-0.1, -0.05) is 12.1 Å². The zero-order valence-electron chi connectivity index (χ0n) is 9.35. The summed E-state index contributed by atoms with van der Waals surface area (Å²) >= 11 is 0. The summed E-state index contributed by atoms with van der Waals surface area (Å²) in [5.74, 6) is -0.245. The van der Waals surface area contributed by atoms with Crippen molar-refractivity contribution in [3.8, 4) is 0 Å². The number of rotatable bonds is 5. The van der Waals surface area contributed by atoms with Crippen molar-refractivity contribution < 1.29 is 17.9 Å². The van der Waals surface area contributed by atoms with Crippen molar-refractivity contribution in [1.29, 1.82) is 0 Å². The number of benzene rings is 1. The Bertz CT molecular complexity index is 479. The highest BCUT2D eigenvalue weighted by atomic mass is 35.7. The van der Waals surface area contributed by atoms with Crippen LogP contribution in [0.2, 0.25) is 0 Å². The van der Waals surface area contributed by atoms with Gasteiger partial charge in [0.15, 0.2) is 0 Å². The first-order valence-corrected chi connectivity index (χ1v) is 7.35. The third-order valence-corrected chi connectivity index (χ3v) is 3.65. The van der Waals surface area contributed by atoms with Crippen LogP contribution in [0.15, 0.2) is 29.2 Å². The standard InChI is InChI=1S/C11H13ClO4S/c1-16-11(13)4-2-3-9-5-7-10(8-6-9)17(12,14)15/h5-8H,2-4H2,1H3. The van der Waals surface area contributed by atoms with Crippen LogP contribution in [-0.4, -0.2) is 21.5 Å². The van der Waals surface area contributed by atoms with E-state index in [1.165, 1.54) is 19.2 Å². The minimum absolute atomic E-state index is 0.0795. The van der Waals surface area contributed by atoms with E-state index in [1.54, 1.807) is 12.1 Å². The van der Waals surface area contributed by atoms with Gasteiger partial charge >= 0.3 is 5.97 Å². The van der Waals surface area contributed by atoms with E-state index < -0.39 is 9.05 Å². The summed E-state index contributed by atoms with van der Waals surface area (Å²) in [6.45, 7) is 0. The molecule has 0 aliphatic carbocycles. The van der Waals surface area contributed by atoms with E-state index in [9.17, 15) is 13.2 Å². The lowest BCUT2D eigenvalue weighted by atomic mass is 10.1. The molecule has 0 aromatic heterocycles. The summed E-state index contributed by atoms with van der Waals surface area (Å²) in [7, 11) is 2.88. The Morgan fingerprint density at radius 2 is 1.88 bits per heavy atom. The molecule has 94 valence electrons. The lowest BCUT2D eigenvalue weighted by Crippen LogP contribution is -2.00. The number of carbonyl (C=O) groups is 1. The molecule has 0 spiro atoms. The smallest absolute Gasteiger partial charge is 0.305 e. The summed E-state index contributed by atoms with van der Waals surface area (Å²) in [5, 5.41) is 0. The van der Waals surface area contributed by atoms with Crippen LogP contribution in [0.1, 0.15) is 18.4 Å². The number of halogens is 1. The quantitative estimate of drug-likeness (QED) is 0.610. The summed E-state index contributed by atoms with van der Waals surface area (Å²) in [4.78, 5) is 10.9. The van der Waals surface area contributed by atoms with Crippen molar-refractivity contribution in [2.45, 2.75) is 24.2 Å². The molecule has 6 heteroatoms. The molecule has 0 aliphatic heterocycles. The highest BCUT2D eigenvalue weighted by Crippen LogP contribution is 2.16. The van der Waals surface area contributed by atoms with Gasteiger partial charge in [0.05, 0.1) is 12.0 Å². The molecule has 0 bridgehead atoms. The third kappa shape index (κ3) is 4.75. The van der Waals surface area contributed by atoms with Gasteiger partial charge in [-0.05, 0) is 30.5 Å². The van der Waals surface area contributed by atoms with Crippen LogP contribution in [0.4, 0.5) is 0 Å². The second-order valence-electron chi connectivity index (χ2n) is 3.51. The largest absolute Gasteiger partial charge is 0.469 e. The molecule has 0 fully saturated rings. The van der Waals surface area contributed by atoms with Crippen LogP contribution >= 0.6 is 10.7 Å². The van der Waals surface area contributed by atoms with Gasteiger partial charge in [-0.3, -0.25) is 4.79 Å². The first-order chi connectivity index (χ1) is 7.93. The Hall–Kier alpha value is -1.07. The molecule has 0 atom stereocenters. The van der Waals surface area contributed by atoms with E-state index in [-0.39, 0.29) is 10.9 Å². The Morgan fingerprint density at radius 1 is 1.29 bits per heavy atom. The Morgan fingerprint density at radius 3 is 2.35 bits per heavy atom. The minimum Gasteiger partial charge on any atom is -0.469 e. The molecule has 0 saturated heterocycles. The van der Waals surface area contributed by atoms with Gasteiger partial charge in [-0.15, -0.1) is 0 Å². The molecule has 1 rings (SSSR count). The molecule has 0 heterocycles. The SMILES string of the molecule is COC(=O)CCCc1ccc(S(=O)(=O)Cl)cc1. The van der Waals surface area contributed by atoms with Gasteiger partial charge in [0.25, 0.3) is 9.05 Å². The number of carbonyl (C=O) groups excluding carboxylic acids is 1. The molecule has 0 saturated carbocycles. The van der Waals surface area contributed by atoms with Crippen LogP contribution in [0, 0.1) is 0 Å². The first kappa shape index (κ1) is 14.0. The van der Waals surface area contributed by atoms with E-state index >= 15 is 0 Å². The number of hydrogen-bond acceptors (Lipinski definition) is 4. The number of aryl methyl sites for hydroxylation is 1. The van der Waals surface area contributed by atoms with Crippen molar-refractivity contribution in [1.82, 2.24) is 0 Å². The van der Waals surface area contributed by atoms with Gasteiger partial charge in [0.2, 0.25) is 0 Å². The molecular weight excluding hydrogens is 264 g/mol. The van der Waals surface area contributed by atoms with Gasteiger partial charge in [-0.25, -0.2) is 8.42 Å². The highest BCUT2D eigenvalue weighted by molar-refractivity contribution is 8.13. The lowest BCUT2D eigenvalue weighted by molar-refractivity contribution is -0.140. The number of methoxy groups -OCH3 is 1. The number of esters is 1. The average molecular weight is 277 g/mol. The second-order valence-corrected chi connectivity index (χ2v) is 6.08. The Kier molecular flexibility index (Phi) is 4.96. The zero-order chi connectivity index (χ0) is 12.9. The molecule has 17 heavy (non-hydrogen) atoms. The van der Waals surface area contributed by atoms with Crippen molar-refractivity contribution in [3.63, 3.8) is 0 Å². The maximum Gasteiger partial charge on any atom is 0.305 e. The topological polar surface area (TPSA) is 60.4 Å². The van der Waals surface area contributed by atoms with Crippen LogP contribution in [0.5, 0.6) is 0 Å². The van der Waals surface area contributed by atoms with Gasteiger partial charge in [-0.2, -0.15) is 0 Å². The van der Waals surface area contributed by atoms with Gasteiger partial charge in [0, 0.05) is 17.1 Å². The molecule has 0 radical (unpaired) electrons. The van der Waals surface area contributed by atoms with Crippen LogP contribution in [-0.2, 0) is 25.0 Å². The minimum atomic E-state index is -3.66. The fraction of sp³-hybridized carbons (Fsp3) is 0.364. The van der Waals surface area contributed by atoms with Crippen LogP contribution in [0.25, 0.3) is 0 Å². The van der Waals surface area contributed by atoms with Gasteiger partial charge < -0.3 is 4.74 Å². The third-order valence-electron chi connectivity index (χ3n) is 2.28.